The van der Waals surface area contributed by atoms with Crippen LogP contribution in [-0.2, 0) is 0 Å². The summed E-state index contributed by atoms with van der Waals surface area (Å²) in [5.41, 5.74) is 0.715. The number of halogens is 5. The molecule has 0 aromatic carbocycles. The van der Waals surface area contributed by atoms with Crippen molar-refractivity contribution in [2.24, 2.45) is 0 Å². The molecule has 0 aliphatic rings. The minimum atomic E-state index is -5.90. The van der Waals surface area contributed by atoms with Gasteiger partial charge in [0.25, 0.3) is 0 Å². The van der Waals surface area contributed by atoms with E-state index in [0.717, 1.165) is 0 Å². The molecular formula is C6H7Cl5NOSb. The Balaban J connectivity index is 3.09. The first-order chi connectivity index (χ1) is 5.97. The van der Waals surface area contributed by atoms with E-state index in [-0.39, 0.29) is 0 Å². The predicted octanol–water partition coefficient (Wildman–Crippen LogP) is 3.24. The van der Waals surface area contributed by atoms with Gasteiger partial charge in [-0.25, -0.2) is 0 Å². The summed E-state index contributed by atoms with van der Waals surface area (Å²) >= 11 is 0. The van der Waals surface area contributed by atoms with E-state index in [2.05, 4.69) is 0 Å². The normalized spacial score (nSPS) is 17.0. The van der Waals surface area contributed by atoms with Crippen molar-refractivity contribution < 1.29 is 7.85 Å². The minimum absolute atomic E-state index is 0.715. The summed E-state index contributed by atoms with van der Waals surface area (Å²) in [4.78, 5) is 0. The predicted molar refractivity (Wildman–Crippen MR) is 63.0 cm³/mol. The van der Waals surface area contributed by atoms with Crippen molar-refractivity contribution in [3.8, 4) is 0 Å². The van der Waals surface area contributed by atoms with E-state index in [9.17, 15) is 0 Å². The summed E-state index contributed by atoms with van der Waals surface area (Å²) in [5, 5.41) is 0. The van der Waals surface area contributed by atoms with Gasteiger partial charge >= 0.3 is 99.7 Å². The second-order valence-electron chi connectivity index (χ2n) is 2.73. The molecule has 0 atom stereocenters. The summed E-state index contributed by atoms with van der Waals surface area (Å²) < 4.78 is 6.28. The Kier molecular flexibility index (Phi) is 3.18. The first-order valence-corrected chi connectivity index (χ1v) is 20.7. The van der Waals surface area contributed by atoms with Gasteiger partial charge in [0.1, 0.15) is 0 Å². The van der Waals surface area contributed by atoms with E-state index in [4.69, 9.17) is 47.3 Å². The van der Waals surface area contributed by atoms with Crippen molar-refractivity contribution in [2.45, 2.75) is 6.92 Å². The summed E-state index contributed by atoms with van der Waals surface area (Å²) in [6, 6.07) is 5.28. The third-order valence-corrected chi connectivity index (χ3v) is 4.71. The van der Waals surface area contributed by atoms with E-state index < -0.39 is 10.7 Å². The maximum atomic E-state index is 5.66. The van der Waals surface area contributed by atoms with Crippen LogP contribution >= 0.6 is 44.1 Å². The standard InChI is InChI=1S/C6H7NO.5ClH.Sb/c1-6-4-2-3-5-7(6)8;;;;;;/h2-5H,1H3;5*1H;/q;;;;;;+5/p-5. The van der Waals surface area contributed by atoms with Crippen molar-refractivity contribution in [2.75, 3.05) is 0 Å². The van der Waals surface area contributed by atoms with Gasteiger partial charge in [-0.05, 0) is 0 Å². The molecule has 0 aliphatic carbocycles. The van der Waals surface area contributed by atoms with Crippen LogP contribution in [0.3, 0.4) is 0 Å². The topological polar surface area (TPSA) is 13.1 Å². The van der Waals surface area contributed by atoms with Crippen LogP contribution in [0.4, 0.5) is 0 Å². The molecule has 2 nitrogen and oxygen atoms in total. The van der Waals surface area contributed by atoms with Crippen LogP contribution in [0.1, 0.15) is 5.69 Å². The molecule has 1 heterocycles. The first-order valence-electron chi connectivity index (χ1n) is 3.48. The Hall–Kier alpha value is 1.22. The summed E-state index contributed by atoms with van der Waals surface area (Å²) in [7, 11) is 22.4. The molecule has 1 aromatic heterocycles. The molecule has 0 saturated carbocycles. The number of hydrogen-bond acceptors (Lipinski definition) is 1. The Morgan fingerprint density at radius 1 is 1.14 bits per heavy atom. The Morgan fingerprint density at radius 3 is 2.14 bits per heavy atom. The zero-order valence-electron chi connectivity index (χ0n) is 7.00. The molecule has 82 valence electrons. The quantitative estimate of drug-likeness (QED) is 0.541. The van der Waals surface area contributed by atoms with Gasteiger partial charge in [-0.3, -0.25) is 0 Å². The third-order valence-electron chi connectivity index (χ3n) is 1.26. The fourth-order valence-electron chi connectivity index (χ4n) is 0.772. The Labute approximate surface area is 98.6 Å². The SMILES string of the molecule is Cc1cccc[n+]1[O][Sb-]([Cl])([Cl])([Cl])([Cl])[Cl]. The number of rotatable bonds is 2. The monoisotopic (exact) mass is 405 g/mol. The van der Waals surface area contributed by atoms with Crippen molar-refractivity contribution in [3.05, 3.63) is 30.1 Å². The van der Waals surface area contributed by atoms with Crippen molar-refractivity contribution in [1.29, 1.82) is 0 Å². The fraction of sp³-hybridized carbons (Fsp3) is 0.167. The van der Waals surface area contributed by atoms with Gasteiger partial charge < -0.3 is 0 Å². The van der Waals surface area contributed by atoms with E-state index in [0.29, 0.717) is 5.69 Å². The van der Waals surface area contributed by atoms with Gasteiger partial charge in [0.05, 0.1) is 0 Å². The first kappa shape index (κ1) is 13.3. The van der Waals surface area contributed by atoms with E-state index >= 15 is 0 Å². The van der Waals surface area contributed by atoms with E-state index in [1.807, 2.05) is 6.07 Å². The molecule has 14 heavy (non-hydrogen) atoms. The van der Waals surface area contributed by atoms with Gasteiger partial charge in [0, 0.05) is 0 Å². The van der Waals surface area contributed by atoms with Crippen molar-refractivity contribution in [1.82, 2.24) is 0 Å². The van der Waals surface area contributed by atoms with Gasteiger partial charge in [0.15, 0.2) is 0 Å². The molecule has 0 radical (unpaired) electrons. The van der Waals surface area contributed by atoms with Crippen molar-refractivity contribution in [3.63, 3.8) is 0 Å². The number of hydrogen-bond donors (Lipinski definition) is 0. The molecule has 8 heteroatoms. The Morgan fingerprint density at radius 2 is 1.71 bits per heavy atom. The molecule has 1 rings (SSSR count). The number of aryl methyl sites for hydroxylation is 1. The molecule has 1 aromatic rings. The van der Waals surface area contributed by atoms with Crippen LogP contribution in [0.5, 0.6) is 0 Å². The van der Waals surface area contributed by atoms with Crippen LogP contribution in [0, 0.1) is 6.92 Å². The zero-order chi connectivity index (χ0) is 11.1. The third kappa shape index (κ3) is 5.34. The number of aromatic nitrogens is 1. The summed E-state index contributed by atoms with van der Waals surface area (Å²) in [6.45, 7) is 1.76. The Bertz CT molecular complexity index is 361. The van der Waals surface area contributed by atoms with Crippen molar-refractivity contribution >= 4 is 54.8 Å². The van der Waals surface area contributed by atoms with Crippen LogP contribution < -0.4 is 7.85 Å². The second-order valence-corrected chi connectivity index (χ2v) is 47.7. The molecular weight excluding hydrogens is 401 g/mol. The molecule has 0 bridgehead atoms. The molecule has 0 aliphatic heterocycles. The molecule has 0 spiro atoms. The van der Waals surface area contributed by atoms with Crippen LogP contribution in [0.25, 0.3) is 0 Å². The average Bonchev–Trinajstić information content (AvgIpc) is 1.88. The molecule has 0 saturated heterocycles. The average molecular weight is 408 g/mol. The summed E-state index contributed by atoms with van der Waals surface area (Å²) in [6.07, 6.45) is 1.55. The van der Waals surface area contributed by atoms with Gasteiger partial charge in [-0.1, -0.05) is 0 Å². The molecule has 0 fully saturated rings. The number of pyridine rings is 1. The van der Waals surface area contributed by atoms with Crippen LogP contribution in [-0.4, -0.2) is 10.7 Å². The second kappa shape index (κ2) is 3.35. The van der Waals surface area contributed by atoms with Crippen LogP contribution in [0.2, 0.25) is 0 Å². The number of nitrogens with zero attached hydrogens (tertiary/aromatic N) is 1. The molecule has 0 N–H and O–H groups in total. The van der Waals surface area contributed by atoms with E-state index in [1.54, 1.807) is 25.3 Å². The molecule has 0 unspecified atom stereocenters. The maximum absolute atomic E-state index is 5.90. The fourth-order valence-corrected chi connectivity index (χ4v) is 4.47. The van der Waals surface area contributed by atoms with Crippen LogP contribution in [0.15, 0.2) is 24.4 Å². The zero-order valence-corrected chi connectivity index (χ0v) is 13.3. The van der Waals surface area contributed by atoms with Gasteiger partial charge in [-0.2, -0.15) is 0 Å². The van der Waals surface area contributed by atoms with Gasteiger partial charge in [0.2, 0.25) is 0 Å². The summed E-state index contributed by atoms with van der Waals surface area (Å²) in [5.74, 6) is 0. The molecule has 0 amide bonds. The van der Waals surface area contributed by atoms with E-state index in [1.165, 1.54) is 4.73 Å². The van der Waals surface area contributed by atoms with Gasteiger partial charge in [-0.15, -0.1) is 0 Å².